The summed E-state index contributed by atoms with van der Waals surface area (Å²) in [5.74, 6) is -0.442. The van der Waals surface area contributed by atoms with E-state index in [0.717, 1.165) is 0 Å². The van der Waals surface area contributed by atoms with Crippen LogP contribution in [0, 0.1) is 10.1 Å². The van der Waals surface area contributed by atoms with Crippen molar-refractivity contribution in [3.05, 3.63) is 64.2 Å². The Morgan fingerprint density at radius 2 is 1.85 bits per heavy atom. The molecular weight excluding hydrogens is 360 g/mol. The topological polar surface area (TPSA) is 130 Å². The molecule has 0 fully saturated rings. The predicted molar refractivity (Wildman–Crippen MR) is 96.6 cm³/mol. The summed E-state index contributed by atoms with van der Waals surface area (Å²) in [5, 5.41) is 16.4. The minimum absolute atomic E-state index is 0.00862. The molecule has 0 aliphatic rings. The van der Waals surface area contributed by atoms with E-state index in [1.807, 2.05) is 0 Å². The van der Waals surface area contributed by atoms with Gasteiger partial charge in [0.05, 0.1) is 9.82 Å². The van der Waals surface area contributed by atoms with Crippen LogP contribution in [0.15, 0.2) is 53.4 Å². The van der Waals surface area contributed by atoms with E-state index in [1.54, 1.807) is 18.2 Å². The van der Waals surface area contributed by atoms with Crippen molar-refractivity contribution in [1.82, 2.24) is 10.0 Å². The normalized spacial score (nSPS) is 11.0. The van der Waals surface area contributed by atoms with Gasteiger partial charge in [-0.25, -0.2) is 13.1 Å². The number of anilines is 1. The zero-order chi connectivity index (χ0) is 19.2. The van der Waals surface area contributed by atoms with Crippen molar-refractivity contribution in [3.8, 4) is 0 Å². The Bertz CT molecular complexity index is 914. The maximum absolute atomic E-state index is 12.1. The van der Waals surface area contributed by atoms with Crippen LogP contribution in [0.4, 0.5) is 11.4 Å². The minimum Gasteiger partial charge on any atom is -0.378 e. The molecule has 2 rings (SSSR count). The van der Waals surface area contributed by atoms with Crippen LogP contribution in [0.25, 0.3) is 0 Å². The molecule has 0 saturated carbocycles. The lowest BCUT2D eigenvalue weighted by Gasteiger charge is -2.09. The number of nitro benzene ring substituents is 1. The van der Waals surface area contributed by atoms with Gasteiger partial charge in [-0.2, -0.15) is 0 Å². The second-order valence-corrected chi connectivity index (χ2v) is 7.08. The fourth-order valence-electron chi connectivity index (χ4n) is 2.18. The van der Waals surface area contributed by atoms with Crippen molar-refractivity contribution in [2.45, 2.75) is 4.90 Å². The predicted octanol–water partition coefficient (Wildman–Crippen LogP) is 1.34. The number of nitrogens with zero attached hydrogens (tertiary/aromatic N) is 1. The lowest BCUT2D eigenvalue weighted by atomic mass is 10.2. The van der Waals surface area contributed by atoms with Crippen molar-refractivity contribution in [3.63, 3.8) is 0 Å². The summed E-state index contributed by atoms with van der Waals surface area (Å²) in [6.07, 6.45) is 0. The Morgan fingerprint density at radius 3 is 2.54 bits per heavy atom. The first-order valence-electron chi connectivity index (χ1n) is 7.64. The van der Waals surface area contributed by atoms with E-state index in [9.17, 15) is 23.3 Å². The van der Waals surface area contributed by atoms with Gasteiger partial charge in [0.1, 0.15) is 5.69 Å². The van der Waals surface area contributed by atoms with Gasteiger partial charge in [-0.3, -0.25) is 14.9 Å². The van der Waals surface area contributed by atoms with E-state index in [-0.39, 0.29) is 29.2 Å². The summed E-state index contributed by atoms with van der Waals surface area (Å²) in [6, 6.07) is 11.8. The monoisotopic (exact) mass is 378 g/mol. The number of rotatable bonds is 8. The maximum atomic E-state index is 12.1. The first kappa shape index (κ1) is 19.3. The summed E-state index contributed by atoms with van der Waals surface area (Å²) in [5.41, 5.74) is 0.504. The van der Waals surface area contributed by atoms with E-state index < -0.39 is 20.9 Å². The van der Waals surface area contributed by atoms with Crippen molar-refractivity contribution in [2.75, 3.05) is 25.5 Å². The smallest absolute Gasteiger partial charge is 0.292 e. The van der Waals surface area contributed by atoms with Crippen molar-refractivity contribution < 1.29 is 18.1 Å². The Balaban J connectivity index is 1.94. The van der Waals surface area contributed by atoms with Crippen LogP contribution >= 0.6 is 0 Å². The molecule has 10 heteroatoms. The number of carbonyl (C=O) groups is 1. The summed E-state index contributed by atoms with van der Waals surface area (Å²) >= 11 is 0. The van der Waals surface area contributed by atoms with Crippen LogP contribution in [-0.2, 0) is 10.0 Å². The van der Waals surface area contributed by atoms with Gasteiger partial charge in [0, 0.05) is 24.7 Å². The molecule has 0 aromatic heterocycles. The SMILES string of the molecule is CNS(=O)(=O)c1cccc(C(=O)NCCNc2ccccc2[N+](=O)[O-])c1. The van der Waals surface area contributed by atoms with Gasteiger partial charge in [0.2, 0.25) is 10.0 Å². The third-order valence-corrected chi connectivity index (χ3v) is 4.91. The number of hydrogen-bond acceptors (Lipinski definition) is 6. The van der Waals surface area contributed by atoms with Gasteiger partial charge in [0.25, 0.3) is 11.6 Å². The Hall–Kier alpha value is -2.98. The number of para-hydroxylation sites is 2. The van der Waals surface area contributed by atoms with E-state index in [4.69, 9.17) is 0 Å². The Labute approximate surface area is 150 Å². The highest BCUT2D eigenvalue weighted by molar-refractivity contribution is 7.89. The summed E-state index contributed by atoms with van der Waals surface area (Å²) in [4.78, 5) is 22.6. The molecule has 0 radical (unpaired) electrons. The second-order valence-electron chi connectivity index (χ2n) is 5.19. The molecule has 0 spiro atoms. The number of nitro groups is 1. The van der Waals surface area contributed by atoms with E-state index >= 15 is 0 Å². The highest BCUT2D eigenvalue weighted by Gasteiger charge is 2.14. The van der Waals surface area contributed by atoms with Gasteiger partial charge in [0.15, 0.2) is 0 Å². The first-order valence-corrected chi connectivity index (χ1v) is 9.12. The van der Waals surface area contributed by atoms with Crippen LogP contribution in [0.3, 0.4) is 0 Å². The first-order chi connectivity index (χ1) is 12.3. The second kappa shape index (κ2) is 8.41. The summed E-state index contributed by atoms with van der Waals surface area (Å²) in [7, 11) is -2.35. The van der Waals surface area contributed by atoms with Crippen LogP contribution in [0.1, 0.15) is 10.4 Å². The van der Waals surface area contributed by atoms with Gasteiger partial charge in [-0.15, -0.1) is 0 Å². The Morgan fingerprint density at radius 1 is 1.12 bits per heavy atom. The zero-order valence-electron chi connectivity index (χ0n) is 13.9. The fraction of sp³-hybridized carbons (Fsp3) is 0.188. The van der Waals surface area contributed by atoms with Crippen LogP contribution in [-0.4, -0.2) is 39.4 Å². The molecular formula is C16H18N4O5S. The molecule has 0 atom stereocenters. The average molecular weight is 378 g/mol. The van der Waals surface area contributed by atoms with E-state index in [0.29, 0.717) is 5.69 Å². The van der Waals surface area contributed by atoms with Gasteiger partial charge < -0.3 is 10.6 Å². The molecule has 2 aromatic rings. The number of benzene rings is 2. The number of amides is 1. The molecule has 138 valence electrons. The third kappa shape index (κ3) is 4.77. The van der Waals surface area contributed by atoms with Crippen molar-refractivity contribution in [1.29, 1.82) is 0 Å². The highest BCUT2D eigenvalue weighted by Crippen LogP contribution is 2.22. The third-order valence-electron chi connectivity index (χ3n) is 3.50. The largest absolute Gasteiger partial charge is 0.378 e. The summed E-state index contributed by atoms with van der Waals surface area (Å²) in [6.45, 7) is 0.471. The summed E-state index contributed by atoms with van der Waals surface area (Å²) < 4.78 is 25.7. The molecule has 9 nitrogen and oxygen atoms in total. The quantitative estimate of drug-likeness (QED) is 0.361. The van der Waals surface area contributed by atoms with Gasteiger partial charge in [-0.1, -0.05) is 18.2 Å². The Kier molecular flexibility index (Phi) is 6.26. The number of hydrogen-bond donors (Lipinski definition) is 3. The van der Waals surface area contributed by atoms with Crippen molar-refractivity contribution >= 4 is 27.3 Å². The zero-order valence-corrected chi connectivity index (χ0v) is 14.7. The molecule has 26 heavy (non-hydrogen) atoms. The minimum atomic E-state index is -3.63. The van der Waals surface area contributed by atoms with Crippen molar-refractivity contribution in [2.24, 2.45) is 0 Å². The van der Waals surface area contributed by atoms with E-state index in [1.165, 1.54) is 37.4 Å². The molecule has 0 aliphatic heterocycles. The lowest BCUT2D eigenvalue weighted by molar-refractivity contribution is -0.384. The maximum Gasteiger partial charge on any atom is 0.292 e. The molecule has 0 heterocycles. The highest BCUT2D eigenvalue weighted by atomic mass is 32.2. The number of carbonyl (C=O) groups excluding carboxylic acids is 1. The standard InChI is InChI=1S/C16H18N4O5S/c1-17-26(24,25)13-6-4-5-12(11-13)16(21)19-10-9-18-14-7-2-3-8-15(14)20(22)23/h2-8,11,17-18H,9-10H2,1H3,(H,19,21). The fourth-order valence-corrected chi connectivity index (χ4v) is 2.96. The molecule has 0 saturated heterocycles. The molecule has 3 N–H and O–H groups in total. The number of nitrogens with one attached hydrogen (secondary N) is 3. The molecule has 0 aliphatic carbocycles. The van der Waals surface area contributed by atoms with E-state index in [2.05, 4.69) is 15.4 Å². The van der Waals surface area contributed by atoms with Gasteiger partial charge in [-0.05, 0) is 31.3 Å². The molecule has 2 aromatic carbocycles. The van der Waals surface area contributed by atoms with Crippen LogP contribution in [0.5, 0.6) is 0 Å². The molecule has 0 unspecified atom stereocenters. The molecule has 1 amide bonds. The number of sulfonamides is 1. The lowest BCUT2D eigenvalue weighted by Crippen LogP contribution is -2.29. The van der Waals surface area contributed by atoms with Crippen LogP contribution in [0.2, 0.25) is 0 Å². The van der Waals surface area contributed by atoms with Gasteiger partial charge >= 0.3 is 0 Å². The average Bonchev–Trinajstić information content (AvgIpc) is 2.65. The van der Waals surface area contributed by atoms with Crippen LogP contribution < -0.4 is 15.4 Å². The molecule has 0 bridgehead atoms.